The standard InChI is InChI=1S/C14H21N3O2/c15-11-5-7-12(8-6-11)16-14(19)17-9-1-3-13(17)4-2-10-18/h5-8,13,18H,1-4,9-10,15H2,(H,16,19). The van der Waals surface area contributed by atoms with Crippen LogP contribution in [-0.4, -0.2) is 35.2 Å². The molecule has 5 heteroatoms. The second kappa shape index (κ2) is 6.43. The molecule has 1 unspecified atom stereocenters. The van der Waals surface area contributed by atoms with Gasteiger partial charge in [0.1, 0.15) is 0 Å². The first kappa shape index (κ1) is 13.7. The lowest BCUT2D eigenvalue weighted by Crippen LogP contribution is -2.38. The van der Waals surface area contributed by atoms with Crippen LogP contribution in [0.15, 0.2) is 24.3 Å². The van der Waals surface area contributed by atoms with E-state index in [4.69, 9.17) is 10.8 Å². The van der Waals surface area contributed by atoms with Gasteiger partial charge in [-0.2, -0.15) is 0 Å². The van der Waals surface area contributed by atoms with Crippen LogP contribution in [0.2, 0.25) is 0 Å². The SMILES string of the molecule is Nc1ccc(NC(=O)N2CCCC2CCCO)cc1. The molecule has 1 saturated heterocycles. The fraction of sp³-hybridized carbons (Fsp3) is 0.500. The van der Waals surface area contributed by atoms with E-state index in [-0.39, 0.29) is 18.7 Å². The van der Waals surface area contributed by atoms with Gasteiger partial charge in [0.05, 0.1) is 0 Å². The molecule has 1 fully saturated rings. The quantitative estimate of drug-likeness (QED) is 0.727. The number of hydrogen-bond donors (Lipinski definition) is 3. The molecular weight excluding hydrogens is 242 g/mol. The van der Waals surface area contributed by atoms with Crippen LogP contribution in [0.3, 0.4) is 0 Å². The number of likely N-dealkylation sites (tertiary alicyclic amines) is 1. The Morgan fingerprint density at radius 1 is 1.42 bits per heavy atom. The summed E-state index contributed by atoms with van der Waals surface area (Å²) in [5.41, 5.74) is 7.05. The van der Waals surface area contributed by atoms with Crippen LogP contribution in [0, 0.1) is 0 Å². The maximum atomic E-state index is 12.2. The molecule has 0 radical (unpaired) electrons. The third-order valence-corrected chi connectivity index (χ3v) is 3.50. The number of hydrogen-bond acceptors (Lipinski definition) is 3. The maximum Gasteiger partial charge on any atom is 0.322 e. The number of amides is 2. The van der Waals surface area contributed by atoms with Crippen LogP contribution in [0.1, 0.15) is 25.7 Å². The molecule has 2 rings (SSSR count). The monoisotopic (exact) mass is 263 g/mol. The van der Waals surface area contributed by atoms with Gasteiger partial charge in [0.25, 0.3) is 0 Å². The molecule has 0 aromatic heterocycles. The average molecular weight is 263 g/mol. The van der Waals surface area contributed by atoms with E-state index in [1.54, 1.807) is 24.3 Å². The number of nitrogens with two attached hydrogens (primary N) is 1. The molecule has 5 nitrogen and oxygen atoms in total. The topological polar surface area (TPSA) is 78.6 Å². The summed E-state index contributed by atoms with van der Waals surface area (Å²) in [7, 11) is 0. The Morgan fingerprint density at radius 3 is 2.84 bits per heavy atom. The number of carbonyl (C=O) groups is 1. The van der Waals surface area contributed by atoms with Crippen molar-refractivity contribution < 1.29 is 9.90 Å². The van der Waals surface area contributed by atoms with E-state index in [9.17, 15) is 4.79 Å². The maximum absolute atomic E-state index is 12.2. The molecular formula is C14H21N3O2. The largest absolute Gasteiger partial charge is 0.399 e. The fourth-order valence-corrected chi connectivity index (χ4v) is 2.49. The van der Waals surface area contributed by atoms with E-state index in [1.165, 1.54) is 0 Å². The molecule has 104 valence electrons. The number of aliphatic hydroxyl groups excluding tert-OH is 1. The van der Waals surface area contributed by atoms with Gasteiger partial charge in [0.2, 0.25) is 0 Å². The van der Waals surface area contributed by atoms with Crippen molar-refractivity contribution in [3.63, 3.8) is 0 Å². The van der Waals surface area contributed by atoms with E-state index in [0.717, 1.165) is 37.9 Å². The van der Waals surface area contributed by atoms with Gasteiger partial charge in [-0.05, 0) is 49.9 Å². The van der Waals surface area contributed by atoms with Crippen molar-refractivity contribution in [2.45, 2.75) is 31.7 Å². The minimum atomic E-state index is -0.0646. The normalized spacial score (nSPS) is 18.6. The van der Waals surface area contributed by atoms with Gasteiger partial charge in [-0.15, -0.1) is 0 Å². The summed E-state index contributed by atoms with van der Waals surface area (Å²) in [4.78, 5) is 14.1. The predicted octanol–water partition coefficient (Wildman–Crippen LogP) is 2.04. The Kier molecular flexibility index (Phi) is 4.63. The smallest absolute Gasteiger partial charge is 0.322 e. The third kappa shape index (κ3) is 3.61. The van der Waals surface area contributed by atoms with Crippen LogP contribution < -0.4 is 11.1 Å². The molecule has 1 aromatic carbocycles. The van der Waals surface area contributed by atoms with Crippen LogP contribution in [0.4, 0.5) is 16.2 Å². The lowest BCUT2D eigenvalue weighted by atomic mass is 10.1. The molecule has 1 heterocycles. The van der Waals surface area contributed by atoms with Crippen LogP contribution >= 0.6 is 0 Å². The number of carbonyl (C=O) groups excluding carboxylic acids is 1. The van der Waals surface area contributed by atoms with E-state index in [0.29, 0.717) is 5.69 Å². The van der Waals surface area contributed by atoms with Gasteiger partial charge < -0.3 is 21.1 Å². The van der Waals surface area contributed by atoms with Gasteiger partial charge in [0, 0.05) is 30.6 Å². The summed E-state index contributed by atoms with van der Waals surface area (Å²) < 4.78 is 0. The number of rotatable bonds is 4. The first-order valence-corrected chi connectivity index (χ1v) is 6.74. The minimum absolute atomic E-state index is 0.0646. The van der Waals surface area contributed by atoms with Crippen molar-refractivity contribution in [2.24, 2.45) is 0 Å². The number of benzene rings is 1. The molecule has 1 aromatic rings. The van der Waals surface area contributed by atoms with E-state index < -0.39 is 0 Å². The number of nitrogen functional groups attached to an aromatic ring is 1. The fourth-order valence-electron chi connectivity index (χ4n) is 2.49. The molecule has 0 bridgehead atoms. The molecule has 19 heavy (non-hydrogen) atoms. The molecule has 1 atom stereocenters. The van der Waals surface area contributed by atoms with Crippen LogP contribution in [0.5, 0.6) is 0 Å². The van der Waals surface area contributed by atoms with Crippen molar-refractivity contribution >= 4 is 17.4 Å². The van der Waals surface area contributed by atoms with Crippen LogP contribution in [-0.2, 0) is 0 Å². The van der Waals surface area contributed by atoms with Gasteiger partial charge in [-0.3, -0.25) is 0 Å². The lowest BCUT2D eigenvalue weighted by Gasteiger charge is -2.24. The first-order chi connectivity index (χ1) is 9.20. The number of nitrogens with zero attached hydrogens (tertiary/aromatic N) is 1. The van der Waals surface area contributed by atoms with Gasteiger partial charge >= 0.3 is 6.03 Å². The average Bonchev–Trinajstić information content (AvgIpc) is 2.87. The van der Waals surface area contributed by atoms with Crippen molar-refractivity contribution in [2.75, 3.05) is 24.2 Å². The highest BCUT2D eigenvalue weighted by molar-refractivity contribution is 5.89. The molecule has 2 amide bonds. The van der Waals surface area contributed by atoms with Crippen molar-refractivity contribution in [1.82, 2.24) is 4.90 Å². The van der Waals surface area contributed by atoms with Crippen molar-refractivity contribution in [1.29, 1.82) is 0 Å². The zero-order valence-electron chi connectivity index (χ0n) is 11.0. The summed E-state index contributed by atoms with van der Waals surface area (Å²) >= 11 is 0. The van der Waals surface area contributed by atoms with E-state index in [1.807, 2.05) is 4.90 Å². The summed E-state index contributed by atoms with van der Waals surface area (Å²) in [6, 6.07) is 7.31. The van der Waals surface area contributed by atoms with Crippen LogP contribution in [0.25, 0.3) is 0 Å². The number of aliphatic hydroxyl groups is 1. The van der Waals surface area contributed by atoms with Gasteiger partial charge in [-0.25, -0.2) is 4.79 Å². The Morgan fingerprint density at radius 2 is 2.16 bits per heavy atom. The van der Waals surface area contributed by atoms with Gasteiger partial charge in [-0.1, -0.05) is 0 Å². The Balaban J connectivity index is 1.93. The lowest BCUT2D eigenvalue weighted by molar-refractivity contribution is 0.197. The number of urea groups is 1. The summed E-state index contributed by atoms with van der Waals surface area (Å²) in [6.07, 6.45) is 3.67. The Labute approximate surface area is 113 Å². The second-order valence-corrected chi connectivity index (χ2v) is 4.91. The summed E-state index contributed by atoms with van der Waals surface area (Å²) in [5, 5.41) is 11.8. The van der Waals surface area contributed by atoms with Crippen molar-refractivity contribution in [3.05, 3.63) is 24.3 Å². The van der Waals surface area contributed by atoms with E-state index >= 15 is 0 Å². The zero-order valence-corrected chi connectivity index (χ0v) is 11.0. The molecule has 1 aliphatic rings. The number of nitrogens with one attached hydrogen (secondary N) is 1. The Hall–Kier alpha value is -1.75. The summed E-state index contributed by atoms with van der Waals surface area (Å²) in [6.45, 7) is 0.973. The highest BCUT2D eigenvalue weighted by Gasteiger charge is 2.28. The predicted molar refractivity (Wildman–Crippen MR) is 75.9 cm³/mol. The highest BCUT2D eigenvalue weighted by Crippen LogP contribution is 2.22. The molecule has 0 aliphatic carbocycles. The zero-order chi connectivity index (χ0) is 13.7. The summed E-state index contributed by atoms with van der Waals surface area (Å²) in [5.74, 6) is 0. The van der Waals surface area contributed by atoms with E-state index in [2.05, 4.69) is 5.32 Å². The number of anilines is 2. The molecule has 0 spiro atoms. The minimum Gasteiger partial charge on any atom is -0.399 e. The molecule has 1 aliphatic heterocycles. The van der Waals surface area contributed by atoms with Crippen molar-refractivity contribution in [3.8, 4) is 0 Å². The highest BCUT2D eigenvalue weighted by atomic mass is 16.3. The molecule has 0 saturated carbocycles. The van der Waals surface area contributed by atoms with Gasteiger partial charge in [0.15, 0.2) is 0 Å². The first-order valence-electron chi connectivity index (χ1n) is 6.74. The third-order valence-electron chi connectivity index (χ3n) is 3.50. The second-order valence-electron chi connectivity index (χ2n) is 4.91. The molecule has 4 N–H and O–H groups in total. The Bertz CT molecular complexity index is 419.